The van der Waals surface area contributed by atoms with E-state index in [4.69, 9.17) is 5.73 Å². The summed E-state index contributed by atoms with van der Waals surface area (Å²) in [5, 5.41) is 0.114. The van der Waals surface area contributed by atoms with Gasteiger partial charge in [-0.3, -0.25) is 0 Å². The molecular weight excluding hydrogens is 288 g/mol. The molecule has 0 bridgehead atoms. The highest BCUT2D eigenvalue weighted by Gasteiger charge is 2.33. The fourth-order valence-electron chi connectivity index (χ4n) is 2.67. The minimum absolute atomic E-state index is 0.00140. The minimum atomic E-state index is -3.54. The molecule has 0 radical (unpaired) electrons. The van der Waals surface area contributed by atoms with E-state index in [1.807, 2.05) is 14.0 Å². The molecule has 21 heavy (non-hydrogen) atoms. The van der Waals surface area contributed by atoms with Crippen LogP contribution >= 0.6 is 0 Å². The standard InChI is InChI=1S/C14H24N4O2S/c1-3-13-11-17(2)7-4-8-18(13)21(19,20)14-6-5-12(9-15)10-16-14/h5-6,10,13H,3-4,7-9,11,15H2,1-2H3. The molecule has 1 aromatic rings. The lowest BCUT2D eigenvalue weighted by atomic mass is 10.2. The predicted octanol–water partition coefficient (Wildman–Crippen LogP) is 0.645. The summed E-state index contributed by atoms with van der Waals surface area (Å²) in [6, 6.07) is 3.28. The van der Waals surface area contributed by atoms with Gasteiger partial charge in [-0.15, -0.1) is 0 Å². The highest BCUT2D eigenvalue weighted by Crippen LogP contribution is 2.21. The molecule has 1 unspecified atom stereocenters. The molecule has 0 spiro atoms. The van der Waals surface area contributed by atoms with Gasteiger partial charge in [-0.05, 0) is 38.1 Å². The van der Waals surface area contributed by atoms with Crippen LogP contribution in [0.1, 0.15) is 25.3 Å². The van der Waals surface area contributed by atoms with Gasteiger partial charge in [0, 0.05) is 31.9 Å². The molecule has 1 aliphatic heterocycles. The maximum Gasteiger partial charge on any atom is 0.260 e. The van der Waals surface area contributed by atoms with E-state index >= 15 is 0 Å². The van der Waals surface area contributed by atoms with E-state index in [1.54, 1.807) is 16.4 Å². The topological polar surface area (TPSA) is 79.5 Å². The van der Waals surface area contributed by atoms with Crippen LogP contribution in [0.2, 0.25) is 0 Å². The second kappa shape index (κ2) is 6.83. The van der Waals surface area contributed by atoms with Crippen LogP contribution in [0.3, 0.4) is 0 Å². The summed E-state index contributed by atoms with van der Waals surface area (Å²) < 4.78 is 27.3. The average molecular weight is 312 g/mol. The summed E-state index contributed by atoms with van der Waals surface area (Å²) in [4.78, 5) is 6.28. The first-order valence-corrected chi connectivity index (χ1v) is 8.78. The molecule has 0 aliphatic carbocycles. The van der Waals surface area contributed by atoms with E-state index in [0.29, 0.717) is 13.1 Å². The molecule has 0 amide bonds. The molecule has 2 rings (SSSR count). The Morgan fingerprint density at radius 3 is 2.71 bits per heavy atom. The second-order valence-corrected chi connectivity index (χ2v) is 7.34. The summed E-state index contributed by atoms with van der Waals surface area (Å²) >= 11 is 0. The van der Waals surface area contributed by atoms with Crippen molar-refractivity contribution in [1.29, 1.82) is 0 Å². The molecule has 2 heterocycles. The lowest BCUT2D eigenvalue weighted by molar-refractivity contribution is 0.270. The Morgan fingerprint density at radius 2 is 2.14 bits per heavy atom. The van der Waals surface area contributed by atoms with Crippen molar-refractivity contribution in [1.82, 2.24) is 14.2 Å². The largest absolute Gasteiger partial charge is 0.326 e. The zero-order valence-electron chi connectivity index (χ0n) is 12.7. The fraction of sp³-hybridized carbons (Fsp3) is 0.643. The van der Waals surface area contributed by atoms with E-state index in [1.165, 1.54) is 6.20 Å². The van der Waals surface area contributed by atoms with E-state index < -0.39 is 10.0 Å². The summed E-state index contributed by atoms with van der Waals surface area (Å²) in [5.74, 6) is 0. The van der Waals surface area contributed by atoms with E-state index in [9.17, 15) is 8.42 Å². The van der Waals surface area contributed by atoms with Gasteiger partial charge in [0.05, 0.1) is 0 Å². The Bertz CT molecular complexity index is 559. The summed E-state index contributed by atoms with van der Waals surface area (Å²) in [5.41, 5.74) is 6.36. The summed E-state index contributed by atoms with van der Waals surface area (Å²) in [6.45, 7) is 4.61. The molecule has 1 saturated heterocycles. The van der Waals surface area contributed by atoms with E-state index in [2.05, 4.69) is 9.88 Å². The molecule has 7 heteroatoms. The van der Waals surface area contributed by atoms with Gasteiger partial charge in [0.25, 0.3) is 10.0 Å². The van der Waals surface area contributed by atoms with Gasteiger partial charge in [-0.2, -0.15) is 4.31 Å². The number of sulfonamides is 1. The molecule has 1 fully saturated rings. The number of rotatable bonds is 4. The van der Waals surface area contributed by atoms with Crippen molar-refractivity contribution < 1.29 is 8.42 Å². The molecule has 0 aromatic carbocycles. The second-order valence-electron chi connectivity index (χ2n) is 5.50. The third-order valence-corrected chi connectivity index (χ3v) is 5.79. The van der Waals surface area contributed by atoms with Crippen LogP contribution < -0.4 is 5.73 Å². The van der Waals surface area contributed by atoms with Gasteiger partial charge in [0.15, 0.2) is 5.03 Å². The molecule has 2 N–H and O–H groups in total. The highest BCUT2D eigenvalue weighted by atomic mass is 32.2. The first kappa shape index (κ1) is 16.4. The lowest BCUT2D eigenvalue weighted by Gasteiger charge is -2.28. The first-order chi connectivity index (χ1) is 9.98. The quantitative estimate of drug-likeness (QED) is 0.883. The van der Waals surface area contributed by atoms with Crippen LogP contribution in [0.4, 0.5) is 0 Å². The third-order valence-electron chi connectivity index (χ3n) is 3.93. The maximum absolute atomic E-state index is 12.8. The number of hydrogen-bond acceptors (Lipinski definition) is 5. The zero-order chi connectivity index (χ0) is 15.5. The van der Waals surface area contributed by atoms with Gasteiger partial charge >= 0.3 is 0 Å². The van der Waals surface area contributed by atoms with Crippen LogP contribution in [0.25, 0.3) is 0 Å². The molecular formula is C14H24N4O2S. The minimum Gasteiger partial charge on any atom is -0.326 e. The van der Waals surface area contributed by atoms with Crippen LogP contribution in [-0.2, 0) is 16.6 Å². The third kappa shape index (κ3) is 3.60. The Morgan fingerprint density at radius 1 is 1.38 bits per heavy atom. The van der Waals surface area contributed by atoms with Crippen LogP contribution in [0.5, 0.6) is 0 Å². The fourth-order valence-corrected chi connectivity index (χ4v) is 4.32. The Labute approximate surface area is 127 Å². The number of nitrogens with two attached hydrogens (primary N) is 1. The predicted molar refractivity (Wildman–Crippen MR) is 82.2 cm³/mol. The van der Waals surface area contributed by atoms with Crippen molar-refractivity contribution in [2.45, 2.75) is 37.4 Å². The van der Waals surface area contributed by atoms with Crippen molar-refractivity contribution in [3.63, 3.8) is 0 Å². The Kier molecular flexibility index (Phi) is 5.32. The molecule has 1 aromatic heterocycles. The van der Waals surface area contributed by atoms with E-state index in [0.717, 1.165) is 31.5 Å². The SMILES string of the molecule is CCC1CN(C)CCCN1S(=O)(=O)c1ccc(CN)cn1. The normalized spacial score (nSPS) is 22.1. The van der Waals surface area contributed by atoms with Gasteiger partial charge in [0.2, 0.25) is 0 Å². The van der Waals surface area contributed by atoms with Crippen LogP contribution in [0, 0.1) is 0 Å². The van der Waals surface area contributed by atoms with Crippen molar-refractivity contribution in [2.24, 2.45) is 5.73 Å². The summed E-state index contributed by atoms with van der Waals surface area (Å²) in [6.07, 6.45) is 3.18. The molecule has 1 atom stereocenters. The van der Waals surface area contributed by atoms with Gasteiger partial charge in [-0.1, -0.05) is 13.0 Å². The highest BCUT2D eigenvalue weighted by molar-refractivity contribution is 7.89. The monoisotopic (exact) mass is 312 g/mol. The number of hydrogen-bond donors (Lipinski definition) is 1. The van der Waals surface area contributed by atoms with E-state index in [-0.39, 0.29) is 11.1 Å². The molecule has 118 valence electrons. The number of nitrogens with zero attached hydrogens (tertiary/aromatic N) is 3. The number of likely N-dealkylation sites (N-methyl/N-ethyl adjacent to an activating group) is 1. The maximum atomic E-state index is 12.8. The van der Waals surface area contributed by atoms with Gasteiger partial charge < -0.3 is 10.6 Å². The number of pyridine rings is 1. The lowest BCUT2D eigenvalue weighted by Crippen LogP contribution is -2.43. The summed E-state index contributed by atoms with van der Waals surface area (Å²) in [7, 11) is -1.51. The van der Waals surface area contributed by atoms with Crippen LogP contribution in [-0.4, -0.2) is 55.3 Å². The smallest absolute Gasteiger partial charge is 0.260 e. The van der Waals surface area contributed by atoms with Crippen molar-refractivity contribution in [2.75, 3.05) is 26.7 Å². The van der Waals surface area contributed by atoms with Crippen molar-refractivity contribution >= 4 is 10.0 Å². The van der Waals surface area contributed by atoms with Crippen molar-refractivity contribution in [3.05, 3.63) is 23.9 Å². The molecule has 0 saturated carbocycles. The zero-order valence-corrected chi connectivity index (χ0v) is 13.5. The van der Waals surface area contributed by atoms with Gasteiger partial charge in [0.1, 0.15) is 0 Å². The molecule has 1 aliphatic rings. The van der Waals surface area contributed by atoms with Gasteiger partial charge in [-0.25, -0.2) is 13.4 Å². The van der Waals surface area contributed by atoms with Crippen molar-refractivity contribution in [3.8, 4) is 0 Å². The average Bonchev–Trinajstić information content (AvgIpc) is 2.68. The van der Waals surface area contributed by atoms with Crippen LogP contribution in [0.15, 0.2) is 23.4 Å². The Balaban J connectivity index is 2.31. The molecule has 6 nitrogen and oxygen atoms in total. The Hall–Kier alpha value is -1.02. The first-order valence-electron chi connectivity index (χ1n) is 7.34. The number of aromatic nitrogens is 1.